The van der Waals surface area contributed by atoms with Gasteiger partial charge in [-0.15, -0.1) is 0 Å². The molecule has 1 unspecified atom stereocenters. The molecule has 2 rings (SSSR count). The van der Waals surface area contributed by atoms with Crippen LogP contribution >= 0.6 is 0 Å². The quantitative estimate of drug-likeness (QED) is 0.739. The zero-order chi connectivity index (χ0) is 14.7. The molecule has 1 fully saturated rings. The Labute approximate surface area is 114 Å². The lowest BCUT2D eigenvalue weighted by molar-refractivity contribution is 0.0946. The van der Waals surface area contributed by atoms with Crippen LogP contribution in [0.1, 0.15) is 29.6 Å². The van der Waals surface area contributed by atoms with Gasteiger partial charge in [0.25, 0.3) is 5.91 Å². The molecule has 1 atom stereocenters. The number of nitrogens with one attached hydrogen (secondary N) is 2. The summed E-state index contributed by atoms with van der Waals surface area (Å²) >= 11 is 0. The fraction of sp³-hybridized carbons (Fsp3) is 0.462. The summed E-state index contributed by atoms with van der Waals surface area (Å²) in [5, 5.41) is 14.7. The number of carbonyl (C=O) groups is 1. The SMILES string of the molecule is O=C(NCCC1CCCN1)c1cc(F)c(F)c(O)c1F. The average Bonchev–Trinajstić information content (AvgIpc) is 2.93. The van der Waals surface area contributed by atoms with Gasteiger partial charge in [-0.1, -0.05) is 0 Å². The van der Waals surface area contributed by atoms with Crippen LogP contribution in [0.15, 0.2) is 6.07 Å². The molecule has 1 aliphatic rings. The second kappa shape index (κ2) is 6.13. The Bertz CT molecular complexity index is 517. The van der Waals surface area contributed by atoms with Crippen molar-refractivity contribution in [2.24, 2.45) is 0 Å². The lowest BCUT2D eigenvalue weighted by Gasteiger charge is -2.11. The van der Waals surface area contributed by atoms with Crippen LogP contribution in [0.25, 0.3) is 0 Å². The van der Waals surface area contributed by atoms with Crippen molar-refractivity contribution in [2.75, 3.05) is 13.1 Å². The van der Waals surface area contributed by atoms with Gasteiger partial charge in [-0.05, 0) is 31.9 Å². The first-order valence-corrected chi connectivity index (χ1v) is 6.38. The molecule has 110 valence electrons. The van der Waals surface area contributed by atoms with Crippen LogP contribution in [0.5, 0.6) is 5.75 Å². The number of halogens is 3. The molecule has 0 aromatic heterocycles. The number of phenolic OH excluding ortho intramolecular Hbond substituents is 1. The molecular formula is C13H15F3N2O2. The van der Waals surface area contributed by atoms with E-state index in [4.69, 9.17) is 5.11 Å². The van der Waals surface area contributed by atoms with E-state index in [1.54, 1.807) is 0 Å². The first-order valence-electron chi connectivity index (χ1n) is 6.38. The minimum Gasteiger partial charge on any atom is -0.503 e. The molecule has 0 aliphatic carbocycles. The van der Waals surface area contributed by atoms with Gasteiger partial charge in [-0.25, -0.2) is 8.78 Å². The topological polar surface area (TPSA) is 61.4 Å². The zero-order valence-electron chi connectivity index (χ0n) is 10.7. The normalized spacial score (nSPS) is 18.2. The van der Waals surface area contributed by atoms with Gasteiger partial charge in [0.2, 0.25) is 5.82 Å². The standard InChI is InChI=1S/C13H15F3N2O2/c14-9-6-8(10(15)12(19)11(9)16)13(20)18-5-3-7-2-1-4-17-7/h6-7,17,19H,1-5H2,(H,18,20). The number of amides is 1. The number of phenols is 1. The molecule has 7 heteroatoms. The number of aromatic hydroxyl groups is 1. The maximum absolute atomic E-state index is 13.5. The van der Waals surface area contributed by atoms with E-state index in [1.807, 2.05) is 0 Å². The van der Waals surface area contributed by atoms with Crippen molar-refractivity contribution in [3.05, 3.63) is 29.1 Å². The van der Waals surface area contributed by atoms with Crippen molar-refractivity contribution < 1.29 is 23.1 Å². The van der Waals surface area contributed by atoms with E-state index in [9.17, 15) is 18.0 Å². The summed E-state index contributed by atoms with van der Waals surface area (Å²) in [5.74, 6) is -6.98. The smallest absolute Gasteiger partial charge is 0.254 e. The minimum atomic E-state index is -1.70. The minimum absolute atomic E-state index is 0.287. The van der Waals surface area contributed by atoms with Crippen LogP contribution in [0.4, 0.5) is 13.2 Å². The largest absolute Gasteiger partial charge is 0.503 e. The van der Waals surface area contributed by atoms with Gasteiger partial charge in [0, 0.05) is 12.6 Å². The van der Waals surface area contributed by atoms with Gasteiger partial charge in [0.15, 0.2) is 17.4 Å². The molecule has 0 bridgehead atoms. The Morgan fingerprint density at radius 1 is 1.40 bits per heavy atom. The molecule has 1 aromatic carbocycles. The van der Waals surface area contributed by atoms with E-state index in [-0.39, 0.29) is 6.54 Å². The van der Waals surface area contributed by atoms with Crippen LogP contribution in [0.2, 0.25) is 0 Å². The highest BCUT2D eigenvalue weighted by atomic mass is 19.2. The summed E-state index contributed by atoms with van der Waals surface area (Å²) in [7, 11) is 0. The average molecular weight is 288 g/mol. The Morgan fingerprint density at radius 2 is 2.15 bits per heavy atom. The predicted octanol–water partition coefficient (Wildman–Crippen LogP) is 1.68. The predicted molar refractivity (Wildman–Crippen MR) is 66.0 cm³/mol. The van der Waals surface area contributed by atoms with Crippen LogP contribution in [0, 0.1) is 17.5 Å². The van der Waals surface area contributed by atoms with Crippen LogP contribution < -0.4 is 10.6 Å². The summed E-state index contributed by atoms with van der Waals surface area (Å²) < 4.78 is 39.4. The fourth-order valence-electron chi connectivity index (χ4n) is 2.21. The molecule has 0 spiro atoms. The Kier molecular flexibility index (Phi) is 4.49. The lowest BCUT2D eigenvalue weighted by Crippen LogP contribution is -2.31. The van der Waals surface area contributed by atoms with Crippen LogP contribution in [-0.4, -0.2) is 30.1 Å². The van der Waals surface area contributed by atoms with E-state index in [0.717, 1.165) is 19.4 Å². The van der Waals surface area contributed by atoms with Crippen molar-refractivity contribution in [3.8, 4) is 5.75 Å². The summed E-state index contributed by atoms with van der Waals surface area (Å²) in [4.78, 5) is 11.7. The van der Waals surface area contributed by atoms with Crippen molar-refractivity contribution in [1.29, 1.82) is 0 Å². The third kappa shape index (κ3) is 3.04. The third-order valence-corrected chi connectivity index (χ3v) is 3.32. The van der Waals surface area contributed by atoms with Gasteiger partial charge in [-0.2, -0.15) is 4.39 Å². The van der Waals surface area contributed by atoms with Gasteiger partial charge >= 0.3 is 0 Å². The molecule has 1 amide bonds. The molecule has 1 aliphatic heterocycles. The molecule has 1 saturated heterocycles. The van der Waals surface area contributed by atoms with Gasteiger partial charge in [0.1, 0.15) is 0 Å². The summed E-state index contributed by atoms with van der Waals surface area (Å²) in [6.45, 7) is 1.22. The second-order valence-corrected chi connectivity index (χ2v) is 4.72. The number of hydrogen-bond donors (Lipinski definition) is 3. The molecule has 0 saturated carbocycles. The Balaban J connectivity index is 1.98. The van der Waals surface area contributed by atoms with Gasteiger partial charge in [-0.3, -0.25) is 4.79 Å². The van der Waals surface area contributed by atoms with E-state index in [2.05, 4.69) is 10.6 Å². The Hall–Kier alpha value is -1.76. The highest BCUT2D eigenvalue weighted by Gasteiger charge is 2.22. The first kappa shape index (κ1) is 14.6. The summed E-state index contributed by atoms with van der Waals surface area (Å²) in [6.07, 6.45) is 2.75. The van der Waals surface area contributed by atoms with E-state index < -0.39 is 34.7 Å². The van der Waals surface area contributed by atoms with Crippen LogP contribution in [-0.2, 0) is 0 Å². The fourth-order valence-corrected chi connectivity index (χ4v) is 2.21. The third-order valence-electron chi connectivity index (χ3n) is 3.32. The van der Waals surface area contributed by atoms with E-state index in [1.165, 1.54) is 0 Å². The highest BCUT2D eigenvalue weighted by molar-refractivity contribution is 5.94. The number of rotatable bonds is 4. The molecule has 20 heavy (non-hydrogen) atoms. The van der Waals surface area contributed by atoms with Gasteiger partial charge in [0.05, 0.1) is 5.56 Å². The summed E-state index contributed by atoms with van der Waals surface area (Å²) in [5.41, 5.74) is -0.708. The van der Waals surface area contributed by atoms with Crippen LogP contribution in [0.3, 0.4) is 0 Å². The van der Waals surface area contributed by atoms with Crippen molar-refractivity contribution in [2.45, 2.75) is 25.3 Å². The number of hydrogen-bond acceptors (Lipinski definition) is 3. The lowest BCUT2D eigenvalue weighted by atomic mass is 10.1. The maximum Gasteiger partial charge on any atom is 0.254 e. The van der Waals surface area contributed by atoms with Crippen molar-refractivity contribution in [3.63, 3.8) is 0 Å². The molecule has 0 radical (unpaired) electrons. The first-order chi connectivity index (χ1) is 9.50. The molecule has 1 heterocycles. The monoisotopic (exact) mass is 288 g/mol. The second-order valence-electron chi connectivity index (χ2n) is 4.72. The Morgan fingerprint density at radius 3 is 2.80 bits per heavy atom. The molecule has 3 N–H and O–H groups in total. The highest BCUT2D eigenvalue weighted by Crippen LogP contribution is 2.25. The number of carbonyl (C=O) groups excluding carboxylic acids is 1. The van der Waals surface area contributed by atoms with Crippen molar-refractivity contribution in [1.82, 2.24) is 10.6 Å². The molecule has 1 aromatic rings. The van der Waals surface area contributed by atoms with E-state index >= 15 is 0 Å². The van der Waals surface area contributed by atoms with Crippen molar-refractivity contribution >= 4 is 5.91 Å². The van der Waals surface area contributed by atoms with E-state index in [0.29, 0.717) is 18.5 Å². The van der Waals surface area contributed by atoms with Gasteiger partial charge < -0.3 is 15.7 Å². The number of benzene rings is 1. The maximum atomic E-state index is 13.5. The summed E-state index contributed by atoms with van der Waals surface area (Å²) in [6, 6.07) is 0.742. The molecule has 4 nitrogen and oxygen atoms in total. The zero-order valence-corrected chi connectivity index (χ0v) is 10.7. The molecular weight excluding hydrogens is 273 g/mol.